The molecular weight excluding hydrogens is 434 g/mol. The summed E-state index contributed by atoms with van der Waals surface area (Å²) in [7, 11) is -3.68. The monoisotopic (exact) mass is 469 g/mol. The van der Waals surface area contributed by atoms with Gasteiger partial charge in [-0.3, -0.25) is 4.79 Å². The lowest BCUT2D eigenvalue weighted by Gasteiger charge is -2.36. The zero-order valence-electron chi connectivity index (χ0n) is 19.3. The highest BCUT2D eigenvalue weighted by Crippen LogP contribution is 2.27. The lowest BCUT2D eigenvalue weighted by atomic mass is 10.0. The zero-order valence-corrected chi connectivity index (χ0v) is 20.1. The smallest absolute Gasteiger partial charge is 0.243 e. The molecular formula is C26H35N3O3S. The van der Waals surface area contributed by atoms with Gasteiger partial charge < -0.3 is 9.80 Å². The molecule has 0 aliphatic carbocycles. The van der Waals surface area contributed by atoms with E-state index in [0.717, 1.165) is 51.7 Å². The molecule has 2 aliphatic rings. The number of carbonyl (C=O) groups is 1. The van der Waals surface area contributed by atoms with Crippen molar-refractivity contribution in [1.29, 1.82) is 0 Å². The van der Waals surface area contributed by atoms with Crippen molar-refractivity contribution in [3.63, 3.8) is 0 Å². The molecule has 1 unspecified atom stereocenters. The molecule has 2 aromatic carbocycles. The van der Waals surface area contributed by atoms with Gasteiger partial charge in [0, 0.05) is 26.2 Å². The molecule has 7 heteroatoms. The van der Waals surface area contributed by atoms with Crippen LogP contribution in [0.15, 0.2) is 65.6 Å². The summed E-state index contributed by atoms with van der Waals surface area (Å²) in [6.07, 6.45) is 5.37. The summed E-state index contributed by atoms with van der Waals surface area (Å²) in [6.45, 7) is 4.62. The Morgan fingerprint density at radius 3 is 2.30 bits per heavy atom. The van der Waals surface area contributed by atoms with Crippen molar-refractivity contribution < 1.29 is 13.2 Å². The Morgan fingerprint density at radius 1 is 0.818 bits per heavy atom. The molecule has 2 aliphatic heterocycles. The first-order valence-corrected chi connectivity index (χ1v) is 13.6. The molecule has 178 valence electrons. The van der Waals surface area contributed by atoms with Gasteiger partial charge in [-0.1, -0.05) is 55.0 Å². The van der Waals surface area contributed by atoms with Crippen LogP contribution >= 0.6 is 0 Å². The Kier molecular flexibility index (Phi) is 8.17. The van der Waals surface area contributed by atoms with Gasteiger partial charge in [0.05, 0.1) is 4.90 Å². The maximum absolute atomic E-state index is 13.5. The molecule has 0 radical (unpaired) electrons. The van der Waals surface area contributed by atoms with Crippen molar-refractivity contribution >= 4 is 15.9 Å². The highest BCUT2D eigenvalue weighted by molar-refractivity contribution is 7.89. The van der Waals surface area contributed by atoms with Crippen LogP contribution in [0.3, 0.4) is 0 Å². The number of nitrogens with zero attached hydrogens (tertiary/aromatic N) is 3. The quantitative estimate of drug-likeness (QED) is 0.624. The van der Waals surface area contributed by atoms with Crippen LogP contribution in [-0.4, -0.2) is 73.7 Å². The maximum Gasteiger partial charge on any atom is 0.243 e. The number of hydrogen-bond donors (Lipinski definition) is 0. The highest BCUT2D eigenvalue weighted by Gasteiger charge is 2.39. The lowest BCUT2D eigenvalue weighted by Crippen LogP contribution is -2.53. The maximum atomic E-state index is 13.5. The van der Waals surface area contributed by atoms with Crippen molar-refractivity contribution in [3.05, 3.63) is 66.2 Å². The van der Waals surface area contributed by atoms with Crippen LogP contribution < -0.4 is 0 Å². The Morgan fingerprint density at radius 2 is 1.55 bits per heavy atom. The Labute approximate surface area is 198 Å². The second-order valence-corrected chi connectivity index (χ2v) is 10.9. The summed E-state index contributed by atoms with van der Waals surface area (Å²) >= 11 is 0. The van der Waals surface area contributed by atoms with E-state index in [1.165, 1.54) is 9.87 Å². The van der Waals surface area contributed by atoms with E-state index in [-0.39, 0.29) is 10.8 Å². The van der Waals surface area contributed by atoms with E-state index in [4.69, 9.17) is 0 Å². The van der Waals surface area contributed by atoms with Crippen molar-refractivity contribution in [1.82, 2.24) is 14.1 Å². The highest BCUT2D eigenvalue weighted by atomic mass is 32.2. The molecule has 0 bridgehead atoms. The average molecular weight is 470 g/mol. The number of benzene rings is 2. The molecule has 2 saturated heterocycles. The van der Waals surface area contributed by atoms with Gasteiger partial charge >= 0.3 is 0 Å². The molecule has 2 aromatic rings. The molecule has 6 nitrogen and oxygen atoms in total. The summed E-state index contributed by atoms with van der Waals surface area (Å²) in [5.74, 6) is -0.0275. The van der Waals surface area contributed by atoms with Crippen LogP contribution in [0.4, 0.5) is 0 Å². The Balaban J connectivity index is 1.35. The number of aryl methyl sites for hydroxylation is 1. The summed E-state index contributed by atoms with van der Waals surface area (Å²) < 4.78 is 28.0. The van der Waals surface area contributed by atoms with Gasteiger partial charge in [0.1, 0.15) is 6.04 Å². The first-order chi connectivity index (χ1) is 16.1. The minimum absolute atomic E-state index is 0.0275. The predicted molar refractivity (Wildman–Crippen MR) is 130 cm³/mol. The van der Waals surface area contributed by atoms with Crippen LogP contribution in [0.5, 0.6) is 0 Å². The molecule has 1 atom stereocenters. The van der Waals surface area contributed by atoms with E-state index < -0.39 is 16.1 Å². The minimum Gasteiger partial charge on any atom is -0.340 e. The van der Waals surface area contributed by atoms with Crippen LogP contribution in [0.1, 0.15) is 37.7 Å². The summed E-state index contributed by atoms with van der Waals surface area (Å²) in [5.41, 5.74) is 1.36. The standard InChI is InChI=1S/C26H35N3O3S/c30-26(25-16-7-8-20-29(25)33(31,32)24-14-5-2-6-15-24)28-19-10-18-27(21-22-28)17-9-13-23-11-3-1-4-12-23/h1-6,11-12,14-15,25H,7-10,13,16-22H2. The topological polar surface area (TPSA) is 60.9 Å². The van der Waals surface area contributed by atoms with Crippen LogP contribution in [0.25, 0.3) is 0 Å². The van der Waals surface area contributed by atoms with E-state index in [9.17, 15) is 13.2 Å². The fourth-order valence-corrected chi connectivity index (χ4v) is 6.62. The second-order valence-electron chi connectivity index (χ2n) is 9.05. The van der Waals surface area contributed by atoms with Gasteiger partial charge in [0.15, 0.2) is 0 Å². The molecule has 2 fully saturated rings. The number of carbonyl (C=O) groups excluding carboxylic acids is 1. The van der Waals surface area contributed by atoms with E-state index in [1.807, 2.05) is 11.0 Å². The number of amides is 1. The minimum atomic E-state index is -3.68. The fraction of sp³-hybridized carbons (Fsp3) is 0.500. The van der Waals surface area contributed by atoms with Crippen LogP contribution in [-0.2, 0) is 21.2 Å². The summed E-state index contributed by atoms with van der Waals surface area (Å²) in [4.78, 5) is 18.1. The van der Waals surface area contributed by atoms with Gasteiger partial charge in [-0.2, -0.15) is 4.31 Å². The largest absolute Gasteiger partial charge is 0.340 e. The van der Waals surface area contributed by atoms with Crippen molar-refractivity contribution in [3.8, 4) is 0 Å². The van der Waals surface area contributed by atoms with Crippen molar-refractivity contribution in [2.75, 3.05) is 39.3 Å². The van der Waals surface area contributed by atoms with E-state index in [2.05, 4.69) is 29.2 Å². The van der Waals surface area contributed by atoms with Gasteiger partial charge in [-0.25, -0.2) is 8.42 Å². The third kappa shape index (κ3) is 6.02. The summed E-state index contributed by atoms with van der Waals surface area (Å²) in [6, 6.07) is 18.5. The Hall–Kier alpha value is -2.22. The molecule has 1 amide bonds. The average Bonchev–Trinajstić information content (AvgIpc) is 3.10. The first-order valence-electron chi connectivity index (χ1n) is 12.2. The first kappa shape index (κ1) is 23.9. The van der Waals surface area contributed by atoms with E-state index in [0.29, 0.717) is 26.1 Å². The van der Waals surface area contributed by atoms with Crippen molar-refractivity contribution in [2.45, 2.75) is 49.5 Å². The molecule has 0 saturated carbocycles. The van der Waals surface area contributed by atoms with Crippen LogP contribution in [0, 0.1) is 0 Å². The summed E-state index contributed by atoms with van der Waals surface area (Å²) in [5, 5.41) is 0. The molecule has 4 rings (SSSR count). The van der Waals surface area contributed by atoms with Crippen molar-refractivity contribution in [2.24, 2.45) is 0 Å². The molecule has 0 aromatic heterocycles. The molecule has 0 N–H and O–H groups in total. The lowest BCUT2D eigenvalue weighted by molar-refractivity contribution is -0.136. The predicted octanol–water partition coefficient (Wildman–Crippen LogP) is 3.40. The molecule has 33 heavy (non-hydrogen) atoms. The van der Waals surface area contributed by atoms with Gasteiger partial charge in [0.25, 0.3) is 0 Å². The third-order valence-corrected chi connectivity index (χ3v) is 8.69. The van der Waals surface area contributed by atoms with Gasteiger partial charge in [-0.05, 0) is 62.9 Å². The third-order valence-electron chi connectivity index (χ3n) is 6.77. The van der Waals surface area contributed by atoms with Gasteiger partial charge in [-0.15, -0.1) is 0 Å². The SMILES string of the molecule is O=C(C1CCCCN1S(=O)(=O)c1ccccc1)N1CCCN(CCCc2ccccc2)CC1. The fourth-order valence-electron chi connectivity index (χ4n) is 4.94. The normalized spacial score (nSPS) is 21.0. The zero-order chi connectivity index (χ0) is 23.1. The number of rotatable bonds is 7. The number of sulfonamides is 1. The van der Waals surface area contributed by atoms with Crippen LogP contribution in [0.2, 0.25) is 0 Å². The molecule has 2 heterocycles. The Bertz CT molecular complexity index is 998. The number of piperidine rings is 1. The van der Waals surface area contributed by atoms with E-state index in [1.54, 1.807) is 30.3 Å². The molecule has 0 spiro atoms. The van der Waals surface area contributed by atoms with Gasteiger partial charge in [0.2, 0.25) is 15.9 Å². The van der Waals surface area contributed by atoms with E-state index >= 15 is 0 Å². The second kappa shape index (κ2) is 11.3. The number of hydrogen-bond acceptors (Lipinski definition) is 4.